The molecule has 7 nitrogen and oxygen atoms in total. The summed E-state index contributed by atoms with van der Waals surface area (Å²) < 4.78 is 10.3. The van der Waals surface area contributed by atoms with Gasteiger partial charge in [0.25, 0.3) is 5.91 Å². The lowest BCUT2D eigenvalue weighted by Gasteiger charge is -2.09. The minimum absolute atomic E-state index is 0.297. The predicted molar refractivity (Wildman–Crippen MR) is 97.4 cm³/mol. The Balaban J connectivity index is 2.04. The molecule has 0 atom stereocenters. The Bertz CT molecular complexity index is 851. The lowest BCUT2D eigenvalue weighted by Crippen LogP contribution is -2.17. The summed E-state index contributed by atoms with van der Waals surface area (Å²) in [6.07, 6.45) is 1.43. The highest BCUT2D eigenvalue weighted by Crippen LogP contribution is 2.27. The molecule has 0 bridgehead atoms. The van der Waals surface area contributed by atoms with Crippen molar-refractivity contribution in [3.8, 4) is 11.5 Å². The van der Waals surface area contributed by atoms with Crippen molar-refractivity contribution in [2.45, 2.75) is 6.92 Å². The Hall–Kier alpha value is -3.06. The number of nitrogens with one attached hydrogen (secondary N) is 1. The first kappa shape index (κ1) is 19.3. The number of ether oxygens (including phenoxy) is 2. The number of carboxylic acids is 1. The number of hydrogen-bond acceptors (Lipinski definition) is 5. The molecule has 2 aromatic carbocycles. The molecule has 136 valence electrons. The van der Waals surface area contributed by atoms with Crippen molar-refractivity contribution >= 4 is 29.7 Å². The third-order valence-electron chi connectivity index (χ3n) is 3.35. The van der Waals surface area contributed by atoms with Crippen molar-refractivity contribution in [3.05, 3.63) is 58.1 Å². The summed E-state index contributed by atoms with van der Waals surface area (Å²) in [4.78, 5) is 22.6. The van der Waals surface area contributed by atoms with Gasteiger partial charge in [-0.2, -0.15) is 5.10 Å². The number of aryl methyl sites for hydroxylation is 1. The zero-order valence-electron chi connectivity index (χ0n) is 14.2. The van der Waals surface area contributed by atoms with Crippen LogP contribution in [0.5, 0.6) is 11.5 Å². The minimum Gasteiger partial charge on any atom is -0.493 e. The van der Waals surface area contributed by atoms with E-state index in [9.17, 15) is 9.59 Å². The summed E-state index contributed by atoms with van der Waals surface area (Å²) >= 11 is 6.00. The number of hydrazone groups is 1. The number of carbonyl (C=O) groups excluding carboxylic acids is 1. The van der Waals surface area contributed by atoms with Gasteiger partial charge in [-0.05, 0) is 48.4 Å². The summed E-state index contributed by atoms with van der Waals surface area (Å²) in [6, 6.07) is 9.79. The molecule has 0 heterocycles. The van der Waals surface area contributed by atoms with Gasteiger partial charge in [0.1, 0.15) is 0 Å². The van der Waals surface area contributed by atoms with Crippen molar-refractivity contribution < 1.29 is 24.2 Å². The number of methoxy groups -OCH3 is 1. The van der Waals surface area contributed by atoms with Gasteiger partial charge in [-0.25, -0.2) is 10.2 Å². The highest BCUT2D eigenvalue weighted by molar-refractivity contribution is 6.31. The molecular formula is C18H17ClN2O5. The molecule has 0 aliphatic carbocycles. The van der Waals surface area contributed by atoms with E-state index in [1.165, 1.54) is 13.3 Å². The van der Waals surface area contributed by atoms with Gasteiger partial charge >= 0.3 is 5.97 Å². The van der Waals surface area contributed by atoms with E-state index < -0.39 is 18.5 Å². The van der Waals surface area contributed by atoms with Gasteiger partial charge in [-0.1, -0.05) is 17.7 Å². The number of rotatable bonds is 7. The highest BCUT2D eigenvalue weighted by atomic mass is 35.5. The lowest BCUT2D eigenvalue weighted by atomic mass is 10.1. The number of benzene rings is 2. The molecule has 0 spiro atoms. The van der Waals surface area contributed by atoms with Crippen LogP contribution in [-0.2, 0) is 4.79 Å². The summed E-state index contributed by atoms with van der Waals surface area (Å²) in [5, 5.41) is 13.0. The molecule has 8 heteroatoms. The second-order valence-electron chi connectivity index (χ2n) is 5.26. The van der Waals surface area contributed by atoms with Gasteiger partial charge in [0.2, 0.25) is 0 Å². The van der Waals surface area contributed by atoms with E-state index in [4.69, 9.17) is 26.2 Å². The van der Waals surface area contributed by atoms with E-state index >= 15 is 0 Å². The van der Waals surface area contributed by atoms with Crippen LogP contribution in [0.4, 0.5) is 0 Å². The third kappa shape index (κ3) is 5.22. The van der Waals surface area contributed by atoms with Crippen LogP contribution in [-0.4, -0.2) is 36.9 Å². The van der Waals surface area contributed by atoms with Crippen molar-refractivity contribution in [3.63, 3.8) is 0 Å². The van der Waals surface area contributed by atoms with Crippen LogP contribution in [0, 0.1) is 6.92 Å². The maximum atomic E-state index is 12.0. The Morgan fingerprint density at radius 3 is 2.65 bits per heavy atom. The smallest absolute Gasteiger partial charge is 0.341 e. The number of nitrogens with zero attached hydrogens (tertiary/aromatic N) is 1. The average Bonchev–Trinajstić information content (AvgIpc) is 2.62. The number of halogens is 1. The van der Waals surface area contributed by atoms with E-state index in [0.29, 0.717) is 27.6 Å². The van der Waals surface area contributed by atoms with Crippen LogP contribution in [0.25, 0.3) is 0 Å². The van der Waals surface area contributed by atoms with E-state index in [0.717, 1.165) is 5.56 Å². The summed E-state index contributed by atoms with van der Waals surface area (Å²) in [5.74, 6) is -0.828. The molecule has 0 aromatic heterocycles. The minimum atomic E-state index is -1.09. The van der Waals surface area contributed by atoms with Gasteiger partial charge in [-0.3, -0.25) is 4.79 Å². The molecule has 2 aromatic rings. The first-order valence-corrected chi connectivity index (χ1v) is 7.90. The average molecular weight is 377 g/mol. The molecule has 0 aliphatic heterocycles. The van der Waals surface area contributed by atoms with Gasteiger partial charge in [0, 0.05) is 10.6 Å². The fraction of sp³-hybridized carbons (Fsp3) is 0.167. The molecule has 26 heavy (non-hydrogen) atoms. The number of aliphatic carboxylic acids is 1. The molecule has 0 radical (unpaired) electrons. The first-order valence-electron chi connectivity index (χ1n) is 7.53. The van der Waals surface area contributed by atoms with Crippen molar-refractivity contribution in [2.75, 3.05) is 13.7 Å². The Kier molecular flexibility index (Phi) is 6.57. The standard InChI is InChI=1S/C18H17ClN2O5/c1-11-3-5-13(8-14(11)19)18(24)21-20-9-12-4-6-15(16(7-12)25-2)26-10-17(22)23/h3-9H,10H2,1-2H3,(H,21,24)(H,22,23)/b20-9-. The zero-order chi connectivity index (χ0) is 19.1. The van der Waals surface area contributed by atoms with Crippen LogP contribution in [0.2, 0.25) is 5.02 Å². The molecule has 2 N–H and O–H groups in total. The summed E-state index contributed by atoms with van der Waals surface area (Å²) in [7, 11) is 1.44. The Morgan fingerprint density at radius 2 is 2.00 bits per heavy atom. The van der Waals surface area contributed by atoms with Crippen LogP contribution >= 0.6 is 11.6 Å². The number of hydrogen-bond donors (Lipinski definition) is 2. The second kappa shape index (κ2) is 8.87. The first-order chi connectivity index (χ1) is 12.4. The van der Waals surface area contributed by atoms with Crippen LogP contribution in [0.3, 0.4) is 0 Å². The predicted octanol–water partition coefficient (Wildman–Crippen LogP) is 2.88. The number of carboxylic acid groups (broad SMARTS) is 1. The molecule has 0 saturated carbocycles. The Morgan fingerprint density at radius 1 is 1.23 bits per heavy atom. The van der Waals surface area contributed by atoms with E-state index in [-0.39, 0.29) is 0 Å². The van der Waals surface area contributed by atoms with Crippen molar-refractivity contribution in [1.82, 2.24) is 5.43 Å². The molecule has 2 rings (SSSR count). The number of amides is 1. The molecule has 0 unspecified atom stereocenters. The molecule has 0 aliphatic rings. The zero-order valence-corrected chi connectivity index (χ0v) is 14.9. The van der Waals surface area contributed by atoms with E-state index in [2.05, 4.69) is 10.5 Å². The molecule has 0 saturated heterocycles. The van der Waals surface area contributed by atoms with E-state index in [1.807, 2.05) is 6.92 Å². The maximum Gasteiger partial charge on any atom is 0.341 e. The summed E-state index contributed by atoms with van der Waals surface area (Å²) in [6.45, 7) is 1.37. The van der Waals surface area contributed by atoms with Crippen LogP contribution < -0.4 is 14.9 Å². The number of carbonyl (C=O) groups is 2. The lowest BCUT2D eigenvalue weighted by molar-refractivity contribution is -0.139. The normalized spacial score (nSPS) is 10.6. The van der Waals surface area contributed by atoms with E-state index in [1.54, 1.807) is 36.4 Å². The highest BCUT2D eigenvalue weighted by Gasteiger charge is 2.08. The molecule has 0 fully saturated rings. The van der Waals surface area contributed by atoms with Crippen LogP contribution in [0.1, 0.15) is 21.5 Å². The van der Waals surface area contributed by atoms with Crippen molar-refractivity contribution in [1.29, 1.82) is 0 Å². The topological polar surface area (TPSA) is 97.2 Å². The van der Waals surface area contributed by atoms with Gasteiger partial charge < -0.3 is 14.6 Å². The quantitative estimate of drug-likeness (QED) is 0.572. The Labute approximate surface area is 155 Å². The van der Waals surface area contributed by atoms with Crippen LogP contribution in [0.15, 0.2) is 41.5 Å². The largest absolute Gasteiger partial charge is 0.493 e. The summed E-state index contributed by atoms with van der Waals surface area (Å²) in [5.41, 5.74) is 4.31. The van der Waals surface area contributed by atoms with Gasteiger partial charge in [0.15, 0.2) is 18.1 Å². The van der Waals surface area contributed by atoms with Gasteiger partial charge in [0.05, 0.1) is 13.3 Å². The maximum absolute atomic E-state index is 12.0. The second-order valence-corrected chi connectivity index (χ2v) is 5.66. The van der Waals surface area contributed by atoms with Crippen molar-refractivity contribution in [2.24, 2.45) is 5.10 Å². The van der Waals surface area contributed by atoms with Gasteiger partial charge in [-0.15, -0.1) is 0 Å². The fourth-order valence-corrected chi connectivity index (χ4v) is 2.17. The molecular weight excluding hydrogens is 360 g/mol. The fourth-order valence-electron chi connectivity index (χ4n) is 1.99. The SMILES string of the molecule is COc1cc(/C=N\NC(=O)c2ccc(C)c(Cl)c2)ccc1OCC(=O)O. The molecule has 1 amide bonds. The monoisotopic (exact) mass is 376 g/mol. The third-order valence-corrected chi connectivity index (χ3v) is 3.76.